The summed E-state index contributed by atoms with van der Waals surface area (Å²) in [5, 5.41) is 4.32. The number of hydrogen-bond donors (Lipinski definition) is 1. The first-order valence-corrected chi connectivity index (χ1v) is 8.48. The predicted octanol–water partition coefficient (Wildman–Crippen LogP) is 3.61. The van der Waals surface area contributed by atoms with Gasteiger partial charge in [0.05, 0.1) is 13.2 Å². The Labute approximate surface area is 132 Å². The van der Waals surface area contributed by atoms with Gasteiger partial charge in [0.15, 0.2) is 11.5 Å². The Kier molecular flexibility index (Phi) is 4.91. The molecule has 0 aromatic heterocycles. The fourth-order valence-corrected chi connectivity index (χ4v) is 3.65. The fourth-order valence-electron chi connectivity index (χ4n) is 3.36. The van der Waals surface area contributed by atoms with E-state index in [-0.39, 0.29) is 0 Å². The van der Waals surface area contributed by atoms with Crippen molar-refractivity contribution in [2.45, 2.75) is 39.0 Å². The lowest BCUT2D eigenvalue weighted by Gasteiger charge is -2.25. The molecule has 1 N–H and O–H groups in total. The van der Waals surface area contributed by atoms with Gasteiger partial charge in [-0.3, -0.25) is 0 Å². The molecule has 1 atom stereocenters. The van der Waals surface area contributed by atoms with E-state index in [4.69, 9.17) is 21.1 Å². The standard InChI is InChI=1S/C17H24ClNO2/c1-2-13-14(9-12-5-3-6-19-11-12)15(18)10-16-17(13)21-8-4-7-20-16/h10,12,19H,2-9,11H2,1H3. The second-order valence-corrected chi connectivity index (χ2v) is 6.37. The highest BCUT2D eigenvalue weighted by Crippen LogP contribution is 2.41. The van der Waals surface area contributed by atoms with Crippen LogP contribution < -0.4 is 14.8 Å². The molecule has 2 aliphatic heterocycles. The lowest BCUT2D eigenvalue weighted by atomic mass is 9.89. The lowest BCUT2D eigenvalue weighted by molar-refractivity contribution is 0.296. The van der Waals surface area contributed by atoms with Crippen molar-refractivity contribution >= 4 is 11.6 Å². The number of nitrogens with one attached hydrogen (secondary N) is 1. The van der Waals surface area contributed by atoms with Crippen LogP contribution in [0.2, 0.25) is 5.02 Å². The van der Waals surface area contributed by atoms with Gasteiger partial charge in [-0.1, -0.05) is 18.5 Å². The molecule has 0 spiro atoms. The third kappa shape index (κ3) is 3.29. The molecule has 0 aliphatic carbocycles. The topological polar surface area (TPSA) is 30.5 Å². The maximum absolute atomic E-state index is 6.56. The van der Waals surface area contributed by atoms with Crippen LogP contribution in [0.4, 0.5) is 0 Å². The van der Waals surface area contributed by atoms with Crippen LogP contribution in [0.1, 0.15) is 37.3 Å². The molecule has 1 unspecified atom stereocenters. The fraction of sp³-hybridized carbons (Fsp3) is 0.647. The van der Waals surface area contributed by atoms with Gasteiger partial charge in [-0.2, -0.15) is 0 Å². The molecule has 21 heavy (non-hydrogen) atoms. The van der Waals surface area contributed by atoms with E-state index in [1.807, 2.05) is 6.07 Å². The van der Waals surface area contributed by atoms with Crippen LogP contribution in [0, 0.1) is 5.92 Å². The van der Waals surface area contributed by atoms with Crippen LogP contribution in [0.25, 0.3) is 0 Å². The molecule has 3 nitrogen and oxygen atoms in total. The molecule has 0 bridgehead atoms. The maximum Gasteiger partial charge on any atom is 0.164 e. The van der Waals surface area contributed by atoms with Crippen molar-refractivity contribution < 1.29 is 9.47 Å². The molecule has 3 rings (SSSR count). The van der Waals surface area contributed by atoms with Gasteiger partial charge in [-0.25, -0.2) is 0 Å². The average Bonchev–Trinajstić information content (AvgIpc) is 2.74. The number of benzene rings is 1. The second-order valence-electron chi connectivity index (χ2n) is 5.96. The van der Waals surface area contributed by atoms with Crippen molar-refractivity contribution in [3.63, 3.8) is 0 Å². The molecule has 2 aliphatic rings. The molecule has 1 aromatic rings. The Balaban J connectivity index is 1.92. The summed E-state index contributed by atoms with van der Waals surface area (Å²) < 4.78 is 11.8. The summed E-state index contributed by atoms with van der Waals surface area (Å²) in [4.78, 5) is 0. The Morgan fingerprint density at radius 2 is 2.10 bits per heavy atom. The van der Waals surface area contributed by atoms with Crippen molar-refractivity contribution in [2.75, 3.05) is 26.3 Å². The third-order valence-corrected chi connectivity index (χ3v) is 4.78. The summed E-state index contributed by atoms with van der Waals surface area (Å²) in [6.45, 7) is 5.84. The zero-order chi connectivity index (χ0) is 14.7. The number of rotatable bonds is 3. The number of ether oxygens (including phenoxy) is 2. The summed E-state index contributed by atoms with van der Waals surface area (Å²) in [5.74, 6) is 2.42. The summed E-state index contributed by atoms with van der Waals surface area (Å²) in [6, 6.07) is 1.95. The molecule has 4 heteroatoms. The second kappa shape index (κ2) is 6.89. The highest BCUT2D eigenvalue weighted by atomic mass is 35.5. The van der Waals surface area contributed by atoms with E-state index in [0.29, 0.717) is 12.5 Å². The van der Waals surface area contributed by atoms with Gasteiger partial charge in [0.2, 0.25) is 0 Å². The predicted molar refractivity (Wildman–Crippen MR) is 85.7 cm³/mol. The Morgan fingerprint density at radius 3 is 2.86 bits per heavy atom. The van der Waals surface area contributed by atoms with E-state index in [0.717, 1.165) is 55.5 Å². The van der Waals surface area contributed by atoms with Crippen molar-refractivity contribution in [1.82, 2.24) is 5.32 Å². The summed E-state index contributed by atoms with van der Waals surface area (Å²) in [7, 11) is 0. The molecule has 1 aromatic carbocycles. The van der Waals surface area contributed by atoms with E-state index in [9.17, 15) is 0 Å². The van der Waals surface area contributed by atoms with Crippen molar-refractivity contribution in [3.05, 3.63) is 22.2 Å². The lowest BCUT2D eigenvalue weighted by Crippen LogP contribution is -2.31. The van der Waals surface area contributed by atoms with E-state index in [2.05, 4.69) is 12.2 Å². The Hall–Kier alpha value is -0.930. The summed E-state index contributed by atoms with van der Waals surface area (Å²) >= 11 is 6.56. The maximum atomic E-state index is 6.56. The highest BCUT2D eigenvalue weighted by Gasteiger charge is 2.23. The van der Waals surface area contributed by atoms with Crippen LogP contribution in [0.3, 0.4) is 0 Å². The van der Waals surface area contributed by atoms with Crippen molar-refractivity contribution in [2.24, 2.45) is 5.92 Å². The molecular formula is C17H24ClNO2. The Bertz CT molecular complexity index is 498. The average molecular weight is 310 g/mol. The van der Waals surface area contributed by atoms with Gasteiger partial charge in [0, 0.05) is 23.1 Å². The minimum atomic E-state index is 0.672. The largest absolute Gasteiger partial charge is 0.489 e. The molecule has 0 radical (unpaired) electrons. The number of hydrogen-bond acceptors (Lipinski definition) is 3. The van der Waals surface area contributed by atoms with Gasteiger partial charge < -0.3 is 14.8 Å². The van der Waals surface area contributed by atoms with E-state index >= 15 is 0 Å². The third-order valence-electron chi connectivity index (χ3n) is 4.45. The zero-order valence-corrected chi connectivity index (χ0v) is 13.5. The van der Waals surface area contributed by atoms with Gasteiger partial charge in [-0.05, 0) is 50.3 Å². The minimum Gasteiger partial charge on any atom is -0.489 e. The first-order chi connectivity index (χ1) is 10.3. The number of piperidine rings is 1. The van der Waals surface area contributed by atoms with Crippen LogP contribution in [0.15, 0.2) is 6.07 Å². The molecular weight excluding hydrogens is 286 g/mol. The first-order valence-electron chi connectivity index (χ1n) is 8.10. The molecule has 0 amide bonds. The van der Waals surface area contributed by atoms with Crippen LogP contribution >= 0.6 is 11.6 Å². The molecule has 2 heterocycles. The van der Waals surface area contributed by atoms with Crippen molar-refractivity contribution in [3.8, 4) is 11.5 Å². The monoisotopic (exact) mass is 309 g/mol. The Morgan fingerprint density at radius 1 is 1.24 bits per heavy atom. The van der Waals surface area contributed by atoms with Crippen LogP contribution in [-0.2, 0) is 12.8 Å². The number of halogens is 1. The van der Waals surface area contributed by atoms with E-state index in [1.54, 1.807) is 0 Å². The van der Waals surface area contributed by atoms with Gasteiger partial charge >= 0.3 is 0 Å². The first kappa shape index (κ1) is 15.0. The van der Waals surface area contributed by atoms with Gasteiger partial charge in [-0.15, -0.1) is 0 Å². The van der Waals surface area contributed by atoms with Crippen LogP contribution in [0.5, 0.6) is 11.5 Å². The quantitative estimate of drug-likeness (QED) is 0.925. The van der Waals surface area contributed by atoms with Gasteiger partial charge in [0.25, 0.3) is 0 Å². The highest BCUT2D eigenvalue weighted by molar-refractivity contribution is 6.31. The summed E-state index contributed by atoms with van der Waals surface area (Å²) in [6.07, 6.45) is 5.43. The van der Waals surface area contributed by atoms with E-state index in [1.165, 1.54) is 24.0 Å². The number of fused-ring (bicyclic) bond motifs is 1. The molecule has 0 saturated carbocycles. The molecule has 1 saturated heterocycles. The zero-order valence-electron chi connectivity index (χ0n) is 12.7. The molecule has 116 valence electrons. The molecule has 1 fully saturated rings. The summed E-state index contributed by atoms with van der Waals surface area (Å²) in [5.41, 5.74) is 2.50. The van der Waals surface area contributed by atoms with E-state index < -0.39 is 0 Å². The smallest absolute Gasteiger partial charge is 0.164 e. The normalized spacial score (nSPS) is 21.9. The SMILES string of the molecule is CCc1c(CC2CCCNC2)c(Cl)cc2c1OCCCO2. The van der Waals surface area contributed by atoms with Gasteiger partial charge in [0.1, 0.15) is 0 Å². The van der Waals surface area contributed by atoms with Crippen LogP contribution in [-0.4, -0.2) is 26.3 Å². The van der Waals surface area contributed by atoms with Crippen molar-refractivity contribution in [1.29, 1.82) is 0 Å². The minimum absolute atomic E-state index is 0.672.